The van der Waals surface area contributed by atoms with E-state index in [0.29, 0.717) is 18.0 Å². The van der Waals surface area contributed by atoms with Gasteiger partial charge in [-0.1, -0.05) is 0 Å². The Morgan fingerprint density at radius 1 is 1.43 bits per heavy atom. The van der Waals surface area contributed by atoms with Crippen LogP contribution in [-0.2, 0) is 0 Å². The maximum absolute atomic E-state index is 8.64. The summed E-state index contributed by atoms with van der Waals surface area (Å²) >= 11 is 0. The van der Waals surface area contributed by atoms with Gasteiger partial charge in [0.15, 0.2) is 0 Å². The molecule has 0 saturated heterocycles. The van der Waals surface area contributed by atoms with E-state index in [2.05, 4.69) is 0 Å². The summed E-state index contributed by atoms with van der Waals surface area (Å²) in [4.78, 5) is 0. The van der Waals surface area contributed by atoms with Crippen molar-refractivity contribution in [1.82, 2.24) is 0 Å². The van der Waals surface area contributed by atoms with Crippen LogP contribution in [0.4, 0.5) is 0 Å². The topological polar surface area (TPSA) is 46.2 Å². The van der Waals surface area contributed by atoms with Gasteiger partial charge in [-0.05, 0) is 25.1 Å². The van der Waals surface area contributed by atoms with Crippen LogP contribution >= 0.6 is 0 Å². The number of nitriles is 1. The molecule has 0 aliphatic heterocycles. The molecule has 1 aromatic heterocycles. The Balaban J connectivity index is 2.50. The van der Waals surface area contributed by atoms with Crippen LogP contribution in [0.1, 0.15) is 12.7 Å². The average molecular weight is 187 g/mol. The lowest BCUT2D eigenvalue weighted by atomic mass is 10.2. The van der Waals surface area contributed by atoms with E-state index in [9.17, 15) is 0 Å². The van der Waals surface area contributed by atoms with Crippen molar-refractivity contribution in [2.75, 3.05) is 6.61 Å². The van der Waals surface area contributed by atoms with E-state index in [0.717, 1.165) is 11.1 Å². The summed E-state index contributed by atoms with van der Waals surface area (Å²) in [6, 6.07) is 9.17. The van der Waals surface area contributed by atoms with Crippen LogP contribution in [0.25, 0.3) is 11.0 Å². The molecule has 0 spiro atoms. The number of ether oxygens (including phenoxy) is 1. The highest BCUT2D eigenvalue weighted by Gasteiger charge is 2.03. The van der Waals surface area contributed by atoms with Gasteiger partial charge < -0.3 is 9.15 Å². The lowest BCUT2D eigenvalue weighted by molar-refractivity contribution is 0.340. The van der Waals surface area contributed by atoms with Gasteiger partial charge in [-0.2, -0.15) is 5.26 Å². The molecule has 0 unspecified atom stereocenters. The zero-order valence-electron chi connectivity index (χ0n) is 7.78. The van der Waals surface area contributed by atoms with Crippen LogP contribution < -0.4 is 4.74 Å². The molecular formula is C11H9NO2. The molecule has 2 aromatic rings. The van der Waals surface area contributed by atoms with Crippen molar-refractivity contribution in [1.29, 1.82) is 5.26 Å². The summed E-state index contributed by atoms with van der Waals surface area (Å²) in [5.74, 6) is 1.12. The third kappa shape index (κ3) is 1.42. The fourth-order valence-electron chi connectivity index (χ4n) is 1.33. The van der Waals surface area contributed by atoms with Gasteiger partial charge in [-0.25, -0.2) is 0 Å². The van der Waals surface area contributed by atoms with E-state index < -0.39 is 0 Å². The SMILES string of the molecule is CCOc1ccc2oc(C#N)cc2c1. The minimum Gasteiger partial charge on any atom is -0.494 e. The van der Waals surface area contributed by atoms with Gasteiger partial charge in [0.1, 0.15) is 17.4 Å². The molecule has 0 aliphatic carbocycles. The van der Waals surface area contributed by atoms with E-state index in [1.54, 1.807) is 12.1 Å². The van der Waals surface area contributed by atoms with Gasteiger partial charge in [0.25, 0.3) is 0 Å². The number of rotatable bonds is 2. The second-order valence-corrected chi connectivity index (χ2v) is 2.86. The highest BCUT2D eigenvalue weighted by molar-refractivity contribution is 5.80. The molecule has 0 saturated carbocycles. The van der Waals surface area contributed by atoms with E-state index >= 15 is 0 Å². The van der Waals surface area contributed by atoms with Crippen molar-refractivity contribution in [2.45, 2.75) is 6.92 Å². The van der Waals surface area contributed by atoms with Crippen LogP contribution in [0.5, 0.6) is 5.75 Å². The number of hydrogen-bond acceptors (Lipinski definition) is 3. The summed E-state index contributed by atoms with van der Waals surface area (Å²) in [5, 5.41) is 9.53. The maximum atomic E-state index is 8.64. The Hall–Kier alpha value is -1.95. The van der Waals surface area contributed by atoms with Crippen molar-refractivity contribution >= 4 is 11.0 Å². The van der Waals surface area contributed by atoms with Gasteiger partial charge in [0, 0.05) is 11.5 Å². The Morgan fingerprint density at radius 2 is 2.29 bits per heavy atom. The number of benzene rings is 1. The van der Waals surface area contributed by atoms with E-state index in [4.69, 9.17) is 14.4 Å². The zero-order chi connectivity index (χ0) is 9.97. The first-order chi connectivity index (χ1) is 6.83. The molecule has 0 atom stereocenters. The van der Waals surface area contributed by atoms with Crippen LogP contribution in [-0.4, -0.2) is 6.61 Å². The maximum Gasteiger partial charge on any atom is 0.204 e. The summed E-state index contributed by atoms with van der Waals surface area (Å²) in [6.45, 7) is 2.56. The number of fused-ring (bicyclic) bond motifs is 1. The Bertz CT molecular complexity index is 493. The number of hydrogen-bond donors (Lipinski definition) is 0. The molecular weight excluding hydrogens is 178 g/mol. The molecule has 0 aliphatic rings. The van der Waals surface area contributed by atoms with Gasteiger partial charge in [0.2, 0.25) is 5.76 Å². The van der Waals surface area contributed by atoms with Crippen molar-refractivity contribution in [3.8, 4) is 11.8 Å². The highest BCUT2D eigenvalue weighted by Crippen LogP contribution is 2.23. The van der Waals surface area contributed by atoms with Crippen molar-refractivity contribution < 1.29 is 9.15 Å². The van der Waals surface area contributed by atoms with Crippen molar-refractivity contribution in [3.63, 3.8) is 0 Å². The molecule has 0 N–H and O–H groups in total. The minimum absolute atomic E-state index is 0.327. The quantitative estimate of drug-likeness (QED) is 0.726. The molecule has 1 heterocycles. The molecule has 0 bridgehead atoms. The zero-order valence-corrected chi connectivity index (χ0v) is 7.78. The predicted octanol–water partition coefficient (Wildman–Crippen LogP) is 2.70. The standard InChI is InChI=1S/C11H9NO2/c1-2-13-9-3-4-11-8(5-9)6-10(7-12)14-11/h3-6H,2H2,1H3. The molecule has 0 fully saturated rings. The fourth-order valence-corrected chi connectivity index (χ4v) is 1.33. The van der Waals surface area contributed by atoms with Crippen LogP contribution in [0.3, 0.4) is 0 Å². The second kappa shape index (κ2) is 3.43. The van der Waals surface area contributed by atoms with Crippen LogP contribution in [0.15, 0.2) is 28.7 Å². The van der Waals surface area contributed by atoms with E-state index in [1.807, 2.05) is 25.1 Å². The Kier molecular flexibility index (Phi) is 2.11. The smallest absolute Gasteiger partial charge is 0.204 e. The first-order valence-electron chi connectivity index (χ1n) is 4.40. The molecule has 70 valence electrons. The first kappa shape index (κ1) is 8.64. The van der Waals surface area contributed by atoms with E-state index in [-0.39, 0.29) is 0 Å². The number of furan rings is 1. The second-order valence-electron chi connectivity index (χ2n) is 2.86. The molecule has 3 nitrogen and oxygen atoms in total. The Morgan fingerprint density at radius 3 is 3.00 bits per heavy atom. The third-order valence-corrected chi connectivity index (χ3v) is 1.91. The average Bonchev–Trinajstić information content (AvgIpc) is 2.60. The number of nitrogens with zero attached hydrogens (tertiary/aromatic N) is 1. The summed E-state index contributed by atoms with van der Waals surface area (Å²) in [6.07, 6.45) is 0. The molecule has 14 heavy (non-hydrogen) atoms. The third-order valence-electron chi connectivity index (χ3n) is 1.91. The molecule has 0 radical (unpaired) electrons. The largest absolute Gasteiger partial charge is 0.494 e. The summed E-state index contributed by atoms with van der Waals surface area (Å²) < 4.78 is 10.6. The predicted molar refractivity (Wildman–Crippen MR) is 52.1 cm³/mol. The summed E-state index contributed by atoms with van der Waals surface area (Å²) in [7, 11) is 0. The van der Waals surface area contributed by atoms with E-state index in [1.165, 1.54) is 0 Å². The normalized spacial score (nSPS) is 10.0. The van der Waals surface area contributed by atoms with Gasteiger partial charge in [-0.15, -0.1) is 0 Å². The molecule has 2 rings (SSSR count). The minimum atomic E-state index is 0.327. The highest BCUT2D eigenvalue weighted by atomic mass is 16.5. The molecule has 1 aromatic carbocycles. The van der Waals surface area contributed by atoms with Crippen LogP contribution in [0, 0.1) is 11.3 Å². The van der Waals surface area contributed by atoms with Gasteiger partial charge >= 0.3 is 0 Å². The molecule has 0 amide bonds. The lowest BCUT2D eigenvalue weighted by Crippen LogP contribution is -1.89. The molecule has 3 heteroatoms. The monoisotopic (exact) mass is 187 g/mol. The van der Waals surface area contributed by atoms with Crippen molar-refractivity contribution in [3.05, 3.63) is 30.0 Å². The van der Waals surface area contributed by atoms with Gasteiger partial charge in [-0.3, -0.25) is 0 Å². The van der Waals surface area contributed by atoms with Gasteiger partial charge in [0.05, 0.1) is 6.61 Å². The van der Waals surface area contributed by atoms with Crippen molar-refractivity contribution in [2.24, 2.45) is 0 Å². The Labute approximate surface area is 81.5 Å². The fraction of sp³-hybridized carbons (Fsp3) is 0.182. The first-order valence-corrected chi connectivity index (χ1v) is 4.40. The summed E-state index contributed by atoms with van der Waals surface area (Å²) in [5.41, 5.74) is 0.713. The van der Waals surface area contributed by atoms with Crippen LogP contribution in [0.2, 0.25) is 0 Å². The lowest BCUT2D eigenvalue weighted by Gasteiger charge is -2.00.